The van der Waals surface area contributed by atoms with Crippen molar-refractivity contribution in [2.45, 2.75) is 45.1 Å². The van der Waals surface area contributed by atoms with Crippen LogP contribution in [0.2, 0.25) is 0 Å². The van der Waals surface area contributed by atoms with Crippen molar-refractivity contribution in [1.29, 1.82) is 0 Å². The summed E-state index contributed by atoms with van der Waals surface area (Å²) in [7, 11) is 1.38. The Morgan fingerprint density at radius 3 is 2.28 bits per heavy atom. The van der Waals surface area contributed by atoms with E-state index in [4.69, 9.17) is 0 Å². The van der Waals surface area contributed by atoms with Gasteiger partial charge in [-0.05, 0) is 29.5 Å². The number of carbonyl (C=O) groups is 4. The molecule has 134 valence electrons. The van der Waals surface area contributed by atoms with Crippen LogP contribution in [0, 0.1) is 5.82 Å². The molecule has 25 heavy (non-hydrogen) atoms. The molecule has 1 unspecified atom stereocenters. The highest BCUT2D eigenvalue weighted by Gasteiger charge is 2.43. The Bertz CT molecular complexity index is 752. The Morgan fingerprint density at radius 2 is 1.80 bits per heavy atom. The molecule has 1 aromatic rings. The highest BCUT2D eigenvalue weighted by Crippen LogP contribution is 2.33. The van der Waals surface area contributed by atoms with Crippen LogP contribution in [-0.2, 0) is 15.0 Å². The zero-order valence-electron chi connectivity index (χ0n) is 14.7. The molecule has 0 saturated carbocycles. The minimum Gasteiger partial charge on any atom is -0.357 e. The van der Waals surface area contributed by atoms with Gasteiger partial charge in [0.15, 0.2) is 0 Å². The van der Waals surface area contributed by atoms with Crippen LogP contribution in [-0.4, -0.2) is 42.0 Å². The highest BCUT2D eigenvalue weighted by atomic mass is 19.1. The molecule has 1 heterocycles. The van der Waals surface area contributed by atoms with Crippen molar-refractivity contribution in [1.82, 2.24) is 10.2 Å². The first kappa shape index (κ1) is 18.8. The van der Waals surface area contributed by atoms with E-state index in [9.17, 15) is 23.6 Å². The summed E-state index contributed by atoms with van der Waals surface area (Å²) in [5, 5.41) is 2.39. The van der Waals surface area contributed by atoms with Gasteiger partial charge in [-0.25, -0.2) is 4.39 Å². The summed E-state index contributed by atoms with van der Waals surface area (Å²) in [4.78, 5) is 48.9. The molecule has 0 fully saturated rings. The van der Waals surface area contributed by atoms with E-state index < -0.39 is 35.0 Å². The van der Waals surface area contributed by atoms with E-state index in [1.165, 1.54) is 13.1 Å². The predicted octanol–water partition coefficient (Wildman–Crippen LogP) is 1.81. The number of benzene rings is 1. The molecule has 0 saturated heterocycles. The SMILES string of the molecule is CNC(=O)C(CCC=O)N1C(=O)c2cc(F)c(C(C)(C)C)cc2C1=O. The molecule has 1 aliphatic rings. The van der Waals surface area contributed by atoms with Gasteiger partial charge in [0.25, 0.3) is 11.8 Å². The number of fused-ring (bicyclic) bond motifs is 1. The van der Waals surface area contributed by atoms with E-state index >= 15 is 0 Å². The molecule has 3 amide bonds. The quantitative estimate of drug-likeness (QED) is 0.650. The Balaban J connectivity index is 2.51. The van der Waals surface area contributed by atoms with Crippen molar-refractivity contribution in [3.63, 3.8) is 0 Å². The van der Waals surface area contributed by atoms with Crippen LogP contribution in [0.3, 0.4) is 0 Å². The van der Waals surface area contributed by atoms with Crippen LogP contribution in [0.25, 0.3) is 0 Å². The lowest BCUT2D eigenvalue weighted by Gasteiger charge is -2.24. The molecule has 1 N–H and O–H groups in total. The van der Waals surface area contributed by atoms with Crippen molar-refractivity contribution < 1.29 is 23.6 Å². The monoisotopic (exact) mass is 348 g/mol. The number of nitrogens with one attached hydrogen (secondary N) is 1. The van der Waals surface area contributed by atoms with E-state index in [1.807, 2.05) is 0 Å². The molecule has 2 rings (SSSR count). The van der Waals surface area contributed by atoms with Gasteiger partial charge in [0, 0.05) is 13.5 Å². The second-order valence-corrected chi connectivity index (χ2v) is 6.98. The molecule has 0 bridgehead atoms. The third kappa shape index (κ3) is 3.31. The maximum absolute atomic E-state index is 14.4. The summed E-state index contributed by atoms with van der Waals surface area (Å²) in [6.07, 6.45) is 0.655. The number of hydrogen-bond acceptors (Lipinski definition) is 4. The standard InChI is InChI=1S/C18H21FN2O4/c1-18(2,3)12-8-10-11(9-13(12)19)17(25)21(16(10)24)14(6-5-7-22)15(23)20-4/h7-9,14H,5-6H2,1-4H3,(H,20,23). The van der Waals surface area contributed by atoms with Gasteiger partial charge in [-0.1, -0.05) is 20.8 Å². The summed E-state index contributed by atoms with van der Waals surface area (Å²) in [6.45, 7) is 5.40. The fourth-order valence-corrected chi connectivity index (χ4v) is 2.91. The van der Waals surface area contributed by atoms with Crippen molar-refractivity contribution in [2.75, 3.05) is 7.05 Å². The highest BCUT2D eigenvalue weighted by molar-refractivity contribution is 6.23. The summed E-state index contributed by atoms with van der Waals surface area (Å²) in [5.74, 6) is -2.49. The van der Waals surface area contributed by atoms with Gasteiger partial charge < -0.3 is 10.1 Å². The molecule has 0 radical (unpaired) electrons. The maximum atomic E-state index is 14.4. The average molecular weight is 348 g/mol. The number of nitrogens with zero attached hydrogens (tertiary/aromatic N) is 1. The fourth-order valence-electron chi connectivity index (χ4n) is 2.91. The molecule has 1 atom stereocenters. The lowest BCUT2D eigenvalue weighted by molar-refractivity contribution is -0.124. The third-order valence-corrected chi connectivity index (χ3v) is 4.23. The third-order valence-electron chi connectivity index (χ3n) is 4.23. The molecule has 0 spiro atoms. The first-order valence-electron chi connectivity index (χ1n) is 8.00. The largest absolute Gasteiger partial charge is 0.357 e. The van der Waals surface area contributed by atoms with Crippen molar-refractivity contribution in [3.8, 4) is 0 Å². The van der Waals surface area contributed by atoms with Crippen LogP contribution in [0.5, 0.6) is 0 Å². The van der Waals surface area contributed by atoms with Crippen LogP contribution in [0.15, 0.2) is 12.1 Å². The molecule has 0 aliphatic carbocycles. The van der Waals surface area contributed by atoms with Crippen LogP contribution >= 0.6 is 0 Å². The summed E-state index contributed by atoms with van der Waals surface area (Å²) >= 11 is 0. The summed E-state index contributed by atoms with van der Waals surface area (Å²) < 4.78 is 14.4. The lowest BCUT2D eigenvalue weighted by atomic mass is 9.85. The average Bonchev–Trinajstić information content (AvgIpc) is 2.77. The lowest BCUT2D eigenvalue weighted by Crippen LogP contribution is -2.48. The van der Waals surface area contributed by atoms with Gasteiger partial charge >= 0.3 is 0 Å². The number of carbonyl (C=O) groups excluding carboxylic acids is 4. The molecule has 6 nitrogen and oxygen atoms in total. The number of halogens is 1. The van der Waals surface area contributed by atoms with Gasteiger partial charge in [-0.2, -0.15) is 0 Å². The maximum Gasteiger partial charge on any atom is 0.262 e. The molecular formula is C18H21FN2O4. The van der Waals surface area contributed by atoms with E-state index in [0.717, 1.165) is 11.0 Å². The Kier molecular flexibility index (Phi) is 5.06. The van der Waals surface area contributed by atoms with E-state index in [0.29, 0.717) is 11.8 Å². The van der Waals surface area contributed by atoms with Crippen LogP contribution in [0.4, 0.5) is 4.39 Å². The summed E-state index contributed by atoms with van der Waals surface area (Å²) in [6, 6.07) is 1.33. The summed E-state index contributed by atoms with van der Waals surface area (Å²) in [5.41, 5.74) is -0.210. The van der Waals surface area contributed by atoms with Crippen molar-refractivity contribution >= 4 is 24.0 Å². The molecule has 1 aromatic carbocycles. The zero-order valence-corrected chi connectivity index (χ0v) is 14.7. The van der Waals surface area contributed by atoms with Gasteiger partial charge in [-0.3, -0.25) is 19.3 Å². The number of likely N-dealkylation sites (N-methyl/N-ethyl adjacent to an activating group) is 1. The van der Waals surface area contributed by atoms with E-state index in [2.05, 4.69) is 5.32 Å². The molecule has 0 aromatic heterocycles. The number of aldehydes is 1. The van der Waals surface area contributed by atoms with Gasteiger partial charge in [0.05, 0.1) is 11.1 Å². The Morgan fingerprint density at radius 1 is 1.24 bits per heavy atom. The predicted molar refractivity (Wildman–Crippen MR) is 88.8 cm³/mol. The number of rotatable bonds is 5. The number of amides is 3. The van der Waals surface area contributed by atoms with E-state index in [-0.39, 0.29) is 24.0 Å². The van der Waals surface area contributed by atoms with Gasteiger partial charge in [-0.15, -0.1) is 0 Å². The van der Waals surface area contributed by atoms with Crippen molar-refractivity contribution in [2.24, 2.45) is 0 Å². The van der Waals surface area contributed by atoms with Gasteiger partial charge in [0.1, 0.15) is 18.1 Å². The first-order chi connectivity index (χ1) is 11.6. The zero-order chi connectivity index (χ0) is 18.9. The minimum atomic E-state index is -1.11. The molecule has 1 aliphatic heterocycles. The van der Waals surface area contributed by atoms with E-state index in [1.54, 1.807) is 20.8 Å². The number of hydrogen-bond donors (Lipinski definition) is 1. The van der Waals surface area contributed by atoms with Gasteiger partial charge in [0.2, 0.25) is 5.91 Å². The second-order valence-electron chi connectivity index (χ2n) is 6.98. The number of imide groups is 1. The van der Waals surface area contributed by atoms with Crippen LogP contribution in [0.1, 0.15) is 59.9 Å². The van der Waals surface area contributed by atoms with Crippen LogP contribution < -0.4 is 5.32 Å². The first-order valence-corrected chi connectivity index (χ1v) is 8.00. The topological polar surface area (TPSA) is 83.6 Å². The van der Waals surface area contributed by atoms with Crippen molar-refractivity contribution in [3.05, 3.63) is 34.6 Å². The molecular weight excluding hydrogens is 327 g/mol. The smallest absolute Gasteiger partial charge is 0.262 e. The second kappa shape index (κ2) is 6.74. The minimum absolute atomic E-state index is 0.0171. The Labute approximate surface area is 145 Å². The molecule has 7 heteroatoms. The fraction of sp³-hybridized carbons (Fsp3) is 0.444. The Hall–Kier alpha value is -2.57. The normalized spacial score (nSPS) is 15.2.